The number of hydrogen-bond acceptors (Lipinski definition) is 2. The van der Waals surface area contributed by atoms with Crippen molar-refractivity contribution < 1.29 is 0 Å². The molecule has 1 N–H and O–H groups in total. The molecule has 1 saturated carbocycles. The van der Waals surface area contributed by atoms with E-state index in [1.54, 1.807) is 0 Å². The predicted molar refractivity (Wildman–Crippen MR) is 84.9 cm³/mol. The molecule has 106 valence electrons. The smallest absolute Gasteiger partial charge is 0.0349 e. The third kappa shape index (κ3) is 2.57. The van der Waals surface area contributed by atoms with Gasteiger partial charge in [-0.3, -0.25) is 4.98 Å². The number of aromatic nitrogens is 1. The number of pyridine rings is 1. The molecule has 1 fully saturated rings. The van der Waals surface area contributed by atoms with Gasteiger partial charge in [0.15, 0.2) is 0 Å². The van der Waals surface area contributed by atoms with E-state index >= 15 is 0 Å². The Morgan fingerprint density at radius 1 is 1.25 bits per heavy atom. The van der Waals surface area contributed by atoms with E-state index in [9.17, 15) is 0 Å². The lowest BCUT2D eigenvalue weighted by Crippen LogP contribution is -2.30. The van der Waals surface area contributed by atoms with Crippen LogP contribution in [0.4, 0.5) is 0 Å². The summed E-state index contributed by atoms with van der Waals surface area (Å²) < 4.78 is 0. The van der Waals surface area contributed by atoms with Crippen LogP contribution in [0.25, 0.3) is 10.8 Å². The molecule has 20 heavy (non-hydrogen) atoms. The number of nitrogens with zero attached hydrogens (tertiary/aromatic N) is 1. The second kappa shape index (κ2) is 5.92. The minimum absolute atomic E-state index is 0.666. The van der Waals surface area contributed by atoms with E-state index in [1.165, 1.54) is 35.6 Å². The lowest BCUT2D eigenvalue weighted by atomic mass is 9.71. The molecule has 0 bridgehead atoms. The fraction of sp³-hybridized carbons (Fsp3) is 0.500. The highest BCUT2D eigenvalue weighted by molar-refractivity contribution is 5.85. The van der Waals surface area contributed by atoms with E-state index in [2.05, 4.69) is 48.5 Å². The van der Waals surface area contributed by atoms with E-state index < -0.39 is 0 Å². The molecule has 0 spiro atoms. The number of benzene rings is 1. The fourth-order valence-electron chi connectivity index (χ4n) is 3.79. The largest absolute Gasteiger partial charge is 0.319 e. The Balaban J connectivity index is 2.02. The molecule has 2 aromatic rings. The molecular formula is C18H24N2. The van der Waals surface area contributed by atoms with Gasteiger partial charge in [-0.1, -0.05) is 31.5 Å². The van der Waals surface area contributed by atoms with Crippen molar-refractivity contribution in [3.63, 3.8) is 0 Å². The van der Waals surface area contributed by atoms with E-state index in [-0.39, 0.29) is 0 Å². The number of rotatable bonds is 3. The zero-order chi connectivity index (χ0) is 13.9. The van der Waals surface area contributed by atoms with Crippen molar-refractivity contribution in [2.24, 2.45) is 11.8 Å². The Morgan fingerprint density at radius 3 is 3.00 bits per heavy atom. The minimum Gasteiger partial charge on any atom is -0.319 e. The van der Waals surface area contributed by atoms with E-state index in [1.807, 2.05) is 12.4 Å². The highest BCUT2D eigenvalue weighted by Gasteiger charge is 2.30. The van der Waals surface area contributed by atoms with Crippen LogP contribution < -0.4 is 5.32 Å². The lowest BCUT2D eigenvalue weighted by Gasteiger charge is -2.35. The summed E-state index contributed by atoms with van der Waals surface area (Å²) in [5.41, 5.74) is 1.50. The third-order valence-electron chi connectivity index (χ3n) is 4.84. The van der Waals surface area contributed by atoms with Gasteiger partial charge in [0.1, 0.15) is 0 Å². The maximum atomic E-state index is 4.34. The van der Waals surface area contributed by atoms with Gasteiger partial charge in [0.2, 0.25) is 0 Å². The van der Waals surface area contributed by atoms with Gasteiger partial charge in [-0.2, -0.15) is 0 Å². The summed E-state index contributed by atoms with van der Waals surface area (Å²) in [6.07, 6.45) is 7.94. The van der Waals surface area contributed by atoms with Gasteiger partial charge in [-0.15, -0.1) is 0 Å². The molecule has 3 rings (SSSR count). The van der Waals surface area contributed by atoms with Gasteiger partial charge in [-0.25, -0.2) is 0 Å². The first-order valence-corrected chi connectivity index (χ1v) is 7.77. The van der Waals surface area contributed by atoms with Gasteiger partial charge in [0.25, 0.3) is 0 Å². The maximum absolute atomic E-state index is 4.34. The quantitative estimate of drug-likeness (QED) is 0.911. The van der Waals surface area contributed by atoms with Crippen LogP contribution in [0.1, 0.15) is 37.7 Å². The van der Waals surface area contributed by atoms with Crippen LogP contribution in [-0.4, -0.2) is 18.6 Å². The van der Waals surface area contributed by atoms with E-state index in [0.717, 1.165) is 18.4 Å². The van der Waals surface area contributed by atoms with E-state index in [4.69, 9.17) is 0 Å². The van der Waals surface area contributed by atoms with Gasteiger partial charge in [0.05, 0.1) is 0 Å². The average molecular weight is 268 g/mol. The monoisotopic (exact) mass is 268 g/mol. The van der Waals surface area contributed by atoms with Crippen LogP contribution in [-0.2, 0) is 0 Å². The summed E-state index contributed by atoms with van der Waals surface area (Å²) in [4.78, 5) is 4.34. The van der Waals surface area contributed by atoms with Crippen molar-refractivity contribution in [1.82, 2.24) is 10.3 Å². The number of hydrogen-bond donors (Lipinski definition) is 1. The van der Waals surface area contributed by atoms with Crippen LogP contribution in [0.15, 0.2) is 36.7 Å². The highest BCUT2D eigenvalue weighted by Crippen LogP contribution is 2.42. The lowest BCUT2D eigenvalue weighted by molar-refractivity contribution is 0.246. The zero-order valence-corrected chi connectivity index (χ0v) is 12.5. The molecule has 3 atom stereocenters. The topological polar surface area (TPSA) is 24.9 Å². The molecule has 1 aromatic carbocycles. The maximum Gasteiger partial charge on any atom is 0.0349 e. The minimum atomic E-state index is 0.666. The van der Waals surface area contributed by atoms with Gasteiger partial charge in [0, 0.05) is 17.8 Å². The van der Waals surface area contributed by atoms with Crippen molar-refractivity contribution in [3.05, 3.63) is 42.2 Å². The molecule has 0 amide bonds. The molecule has 3 unspecified atom stereocenters. The molecule has 2 heteroatoms. The first-order valence-electron chi connectivity index (χ1n) is 7.77. The van der Waals surface area contributed by atoms with Gasteiger partial charge in [-0.05, 0) is 61.2 Å². The highest BCUT2D eigenvalue weighted by atomic mass is 14.8. The fourth-order valence-corrected chi connectivity index (χ4v) is 3.79. The van der Waals surface area contributed by atoms with E-state index in [0.29, 0.717) is 5.92 Å². The van der Waals surface area contributed by atoms with Crippen LogP contribution >= 0.6 is 0 Å². The Morgan fingerprint density at radius 2 is 2.15 bits per heavy atom. The first kappa shape index (κ1) is 13.6. The van der Waals surface area contributed by atoms with Gasteiger partial charge >= 0.3 is 0 Å². The number of nitrogens with one attached hydrogen (secondary N) is 1. The molecule has 0 saturated heterocycles. The molecule has 0 radical (unpaired) electrons. The second-order valence-electron chi connectivity index (χ2n) is 6.29. The van der Waals surface area contributed by atoms with Crippen molar-refractivity contribution in [2.45, 2.75) is 32.1 Å². The van der Waals surface area contributed by atoms with Crippen LogP contribution in [0.5, 0.6) is 0 Å². The Hall–Kier alpha value is -1.41. The summed E-state index contributed by atoms with van der Waals surface area (Å²) in [5.74, 6) is 2.25. The Kier molecular flexibility index (Phi) is 4.02. The van der Waals surface area contributed by atoms with Crippen molar-refractivity contribution in [1.29, 1.82) is 0 Å². The summed E-state index contributed by atoms with van der Waals surface area (Å²) in [5, 5.41) is 6.05. The summed E-state index contributed by atoms with van der Waals surface area (Å²) >= 11 is 0. The standard InChI is InChI=1S/C18H24N2/c1-13-6-7-15(11-19-2)17(10-13)16-5-3-4-14-8-9-20-12-18(14)16/h3-5,8-9,12-13,15,17,19H,6-7,10-11H2,1-2H3. The summed E-state index contributed by atoms with van der Waals surface area (Å²) in [6.45, 7) is 3.51. The van der Waals surface area contributed by atoms with Crippen molar-refractivity contribution in [3.8, 4) is 0 Å². The molecule has 2 nitrogen and oxygen atoms in total. The van der Waals surface area contributed by atoms with Crippen LogP contribution in [0.3, 0.4) is 0 Å². The third-order valence-corrected chi connectivity index (χ3v) is 4.84. The Labute approximate surface area is 121 Å². The SMILES string of the molecule is CNCC1CCC(C)CC1c1cccc2ccncc12. The molecule has 1 aliphatic rings. The normalized spacial score (nSPS) is 26.8. The second-order valence-corrected chi connectivity index (χ2v) is 6.29. The molecule has 1 heterocycles. The zero-order valence-electron chi connectivity index (χ0n) is 12.5. The first-order chi connectivity index (χ1) is 9.79. The van der Waals surface area contributed by atoms with Crippen LogP contribution in [0, 0.1) is 11.8 Å². The summed E-state index contributed by atoms with van der Waals surface area (Å²) in [6, 6.07) is 8.83. The summed E-state index contributed by atoms with van der Waals surface area (Å²) in [7, 11) is 2.07. The molecule has 1 aromatic heterocycles. The molecule has 0 aliphatic heterocycles. The van der Waals surface area contributed by atoms with Crippen molar-refractivity contribution in [2.75, 3.05) is 13.6 Å². The number of fused-ring (bicyclic) bond motifs is 1. The van der Waals surface area contributed by atoms with Crippen LogP contribution in [0.2, 0.25) is 0 Å². The molecular weight excluding hydrogens is 244 g/mol. The Bertz CT molecular complexity index is 573. The van der Waals surface area contributed by atoms with Crippen molar-refractivity contribution >= 4 is 10.8 Å². The average Bonchev–Trinajstić information content (AvgIpc) is 2.49. The molecule has 1 aliphatic carbocycles. The predicted octanol–water partition coefficient (Wildman–Crippen LogP) is 3.97. The van der Waals surface area contributed by atoms with Gasteiger partial charge < -0.3 is 5.32 Å².